The van der Waals surface area contributed by atoms with Crippen LogP contribution < -0.4 is 9.80 Å². The molecule has 1 aliphatic rings. The molecule has 0 amide bonds. The van der Waals surface area contributed by atoms with Gasteiger partial charge in [0.1, 0.15) is 5.69 Å². The number of rotatable bonds is 21. The quantitative estimate of drug-likeness (QED) is 0.0641. The molecule has 0 fully saturated rings. The highest BCUT2D eigenvalue weighted by molar-refractivity contribution is 5.94. The Hall–Kier alpha value is -4.19. The lowest BCUT2D eigenvalue weighted by Crippen LogP contribution is -2.46. The van der Waals surface area contributed by atoms with Crippen molar-refractivity contribution in [2.24, 2.45) is 0 Å². The van der Waals surface area contributed by atoms with Crippen LogP contribution >= 0.6 is 0 Å². The smallest absolute Gasteiger partial charge is 0.361 e. The van der Waals surface area contributed by atoms with Crippen molar-refractivity contribution < 1.29 is 9.53 Å². The minimum Gasteiger partial charge on any atom is -0.423 e. The van der Waals surface area contributed by atoms with E-state index in [2.05, 4.69) is 116 Å². The first-order chi connectivity index (χ1) is 25.0. The normalized spacial score (nSPS) is 15.1. The first-order valence-corrected chi connectivity index (χ1v) is 19.9. The van der Waals surface area contributed by atoms with Crippen molar-refractivity contribution in [1.29, 1.82) is 0 Å². The molecule has 1 atom stereocenters. The van der Waals surface area contributed by atoms with Crippen molar-refractivity contribution >= 4 is 23.0 Å². The zero-order valence-corrected chi connectivity index (χ0v) is 31.9. The van der Waals surface area contributed by atoms with Crippen molar-refractivity contribution in [3.05, 3.63) is 113 Å². The van der Waals surface area contributed by atoms with Crippen LogP contribution in [0.5, 0.6) is 0 Å². The van der Waals surface area contributed by atoms with E-state index in [1.54, 1.807) is 12.4 Å². The summed E-state index contributed by atoms with van der Waals surface area (Å²) in [4.78, 5) is 27.7. The lowest BCUT2D eigenvalue weighted by Gasteiger charge is -2.42. The maximum Gasteiger partial charge on any atom is 0.361 e. The van der Waals surface area contributed by atoms with Gasteiger partial charge in [-0.2, -0.15) is 0 Å². The summed E-state index contributed by atoms with van der Waals surface area (Å²) < 4.78 is 6.64. The lowest BCUT2D eigenvalue weighted by atomic mass is 9.90. The van der Waals surface area contributed by atoms with Crippen LogP contribution in [0.15, 0.2) is 79.1 Å². The van der Waals surface area contributed by atoms with Crippen molar-refractivity contribution in [2.45, 2.75) is 130 Å². The standard InChI is InChI=1S/C45H60N4O2/c1-6-10-12-14-16-18-20-36-22-26-38(27-23-36)49(39-28-24-37(25-29-39)21-19-17-15-13-11-7-2)45(43-42(44(50)51-45)46-32-33-47-43)41-31-30-40(34-35(41)5)48(8-3)9-4/h22-34H,6-21H2,1-5H3. The fourth-order valence-corrected chi connectivity index (χ4v) is 7.59. The van der Waals surface area contributed by atoms with Gasteiger partial charge >= 0.3 is 5.97 Å². The third kappa shape index (κ3) is 9.01. The molecule has 1 aliphatic heterocycles. The van der Waals surface area contributed by atoms with Gasteiger partial charge in [0.25, 0.3) is 5.72 Å². The fourth-order valence-electron chi connectivity index (χ4n) is 7.59. The van der Waals surface area contributed by atoms with E-state index < -0.39 is 11.7 Å². The number of nitrogens with zero attached hydrogens (tertiary/aromatic N) is 4. The number of cyclic esters (lactones) is 1. The Kier molecular flexibility index (Phi) is 14.1. The first-order valence-electron chi connectivity index (χ1n) is 19.9. The molecule has 6 nitrogen and oxygen atoms in total. The number of carbonyl (C=O) groups excluding carboxylic acids is 1. The number of anilines is 3. The SMILES string of the molecule is CCCCCCCCc1ccc(N(c2ccc(CCCCCCCC)cc2)C2(c3ccc(N(CC)CC)cc3C)OC(=O)c3nccnc32)cc1. The Morgan fingerprint density at radius 3 is 1.61 bits per heavy atom. The summed E-state index contributed by atoms with van der Waals surface area (Å²) in [6, 6.07) is 24.1. The van der Waals surface area contributed by atoms with Gasteiger partial charge in [-0.3, -0.25) is 9.88 Å². The van der Waals surface area contributed by atoms with Crippen LogP contribution in [0.3, 0.4) is 0 Å². The Morgan fingerprint density at radius 2 is 1.10 bits per heavy atom. The molecule has 2 heterocycles. The predicted molar refractivity (Wildman–Crippen MR) is 212 cm³/mol. The molecule has 6 heteroatoms. The number of aromatic nitrogens is 2. The fraction of sp³-hybridized carbons (Fsp3) is 0.489. The number of hydrogen-bond donors (Lipinski definition) is 0. The summed E-state index contributed by atoms with van der Waals surface area (Å²) >= 11 is 0. The van der Waals surface area contributed by atoms with Crippen LogP contribution in [0.25, 0.3) is 0 Å². The second-order valence-electron chi connectivity index (χ2n) is 14.2. The first kappa shape index (κ1) is 38.1. The average Bonchev–Trinajstić information content (AvgIpc) is 3.45. The highest BCUT2D eigenvalue weighted by Gasteiger charge is 2.55. The molecule has 0 saturated heterocycles. The number of ether oxygens (including phenoxy) is 1. The number of hydrogen-bond acceptors (Lipinski definition) is 6. The van der Waals surface area contributed by atoms with E-state index in [0.717, 1.165) is 54.1 Å². The molecule has 1 aromatic heterocycles. The monoisotopic (exact) mass is 688 g/mol. The summed E-state index contributed by atoms with van der Waals surface area (Å²) in [5, 5.41) is 0. The van der Waals surface area contributed by atoms with E-state index >= 15 is 0 Å². The summed E-state index contributed by atoms with van der Waals surface area (Å²) in [6.07, 6.45) is 20.7. The molecule has 272 valence electrons. The number of esters is 1. The van der Waals surface area contributed by atoms with E-state index in [0.29, 0.717) is 5.69 Å². The molecule has 1 unspecified atom stereocenters. The van der Waals surface area contributed by atoms with E-state index in [9.17, 15) is 4.79 Å². The van der Waals surface area contributed by atoms with Crippen LogP contribution in [0.1, 0.15) is 143 Å². The highest BCUT2D eigenvalue weighted by Crippen LogP contribution is 2.50. The van der Waals surface area contributed by atoms with E-state index in [-0.39, 0.29) is 5.69 Å². The van der Waals surface area contributed by atoms with Gasteiger partial charge in [0.05, 0.1) is 0 Å². The van der Waals surface area contributed by atoms with Crippen LogP contribution in [0, 0.1) is 6.92 Å². The molecule has 5 rings (SSSR count). The second-order valence-corrected chi connectivity index (χ2v) is 14.2. The third-order valence-electron chi connectivity index (χ3n) is 10.5. The zero-order chi connectivity index (χ0) is 36.1. The molecule has 4 aromatic rings. The summed E-state index contributed by atoms with van der Waals surface area (Å²) in [7, 11) is 0. The number of unbranched alkanes of at least 4 members (excludes halogenated alkanes) is 10. The van der Waals surface area contributed by atoms with Crippen LogP contribution in [0.2, 0.25) is 0 Å². The number of carbonyl (C=O) groups is 1. The molecular weight excluding hydrogens is 629 g/mol. The number of benzene rings is 3. The molecule has 0 bridgehead atoms. The minimum absolute atomic E-state index is 0.258. The molecule has 0 N–H and O–H groups in total. The van der Waals surface area contributed by atoms with Gasteiger partial charge in [-0.05, 0) is 99.5 Å². The molecule has 0 saturated carbocycles. The minimum atomic E-state index is -1.35. The number of fused-ring (bicyclic) bond motifs is 1. The van der Waals surface area contributed by atoms with Crippen LogP contribution in [-0.4, -0.2) is 29.0 Å². The largest absolute Gasteiger partial charge is 0.423 e. The van der Waals surface area contributed by atoms with E-state index in [1.165, 1.54) is 88.2 Å². The zero-order valence-electron chi connectivity index (χ0n) is 31.9. The molecule has 0 spiro atoms. The summed E-state index contributed by atoms with van der Waals surface area (Å²) in [5.74, 6) is -0.463. The van der Waals surface area contributed by atoms with Crippen molar-refractivity contribution in [1.82, 2.24) is 9.97 Å². The highest BCUT2D eigenvalue weighted by atomic mass is 16.6. The Balaban J connectivity index is 1.56. The predicted octanol–water partition coefficient (Wildman–Crippen LogP) is 11.6. The lowest BCUT2D eigenvalue weighted by molar-refractivity contribution is 0.0118. The van der Waals surface area contributed by atoms with E-state index in [1.807, 2.05) is 0 Å². The van der Waals surface area contributed by atoms with Gasteiger partial charge in [0.15, 0.2) is 5.69 Å². The van der Waals surface area contributed by atoms with Crippen molar-refractivity contribution in [3.63, 3.8) is 0 Å². The van der Waals surface area contributed by atoms with Crippen LogP contribution in [0.4, 0.5) is 17.1 Å². The van der Waals surface area contributed by atoms with Gasteiger partial charge in [-0.1, -0.05) is 108 Å². The number of aryl methyl sites for hydroxylation is 3. The average molecular weight is 689 g/mol. The van der Waals surface area contributed by atoms with Gasteiger partial charge in [-0.15, -0.1) is 0 Å². The molecule has 0 aliphatic carbocycles. The molecular formula is C45H60N4O2. The second kappa shape index (κ2) is 18.9. The van der Waals surface area contributed by atoms with Crippen molar-refractivity contribution in [2.75, 3.05) is 22.9 Å². The van der Waals surface area contributed by atoms with Gasteiger partial charge in [-0.25, -0.2) is 9.78 Å². The van der Waals surface area contributed by atoms with Gasteiger partial charge in [0, 0.05) is 48.1 Å². The Morgan fingerprint density at radius 1 is 0.608 bits per heavy atom. The summed E-state index contributed by atoms with van der Waals surface area (Å²) in [5.41, 5.74) is 6.97. The summed E-state index contributed by atoms with van der Waals surface area (Å²) in [6.45, 7) is 12.8. The molecule has 51 heavy (non-hydrogen) atoms. The van der Waals surface area contributed by atoms with Gasteiger partial charge in [0.2, 0.25) is 0 Å². The van der Waals surface area contributed by atoms with Crippen molar-refractivity contribution in [3.8, 4) is 0 Å². The molecule has 0 radical (unpaired) electrons. The topological polar surface area (TPSA) is 58.6 Å². The van der Waals surface area contributed by atoms with E-state index in [4.69, 9.17) is 9.72 Å². The van der Waals surface area contributed by atoms with Gasteiger partial charge < -0.3 is 9.64 Å². The van der Waals surface area contributed by atoms with Crippen LogP contribution in [-0.2, 0) is 23.3 Å². The maximum absolute atomic E-state index is 13.8. The third-order valence-corrected chi connectivity index (χ3v) is 10.5. The Labute approximate surface area is 307 Å². The maximum atomic E-state index is 13.8. The molecule has 3 aromatic carbocycles. The Bertz CT molecular complexity index is 1610.